The lowest BCUT2D eigenvalue weighted by atomic mass is 10.0. The highest BCUT2D eigenvalue weighted by molar-refractivity contribution is 8.45. The van der Waals surface area contributed by atoms with Gasteiger partial charge in [0, 0.05) is 13.6 Å². The van der Waals surface area contributed by atoms with Gasteiger partial charge in [0.2, 0.25) is 0 Å². The van der Waals surface area contributed by atoms with Gasteiger partial charge in [-0.2, -0.15) is 0 Å². The number of rotatable bonds is 9. The van der Waals surface area contributed by atoms with Crippen molar-refractivity contribution in [1.29, 1.82) is 0 Å². The average Bonchev–Trinajstić information content (AvgIpc) is 3.46. The largest absolute Gasteiger partial charge is 0.374 e. The van der Waals surface area contributed by atoms with Crippen molar-refractivity contribution in [2.75, 3.05) is 18.6 Å². The summed E-state index contributed by atoms with van der Waals surface area (Å²) in [5.41, 5.74) is 2.24. The van der Waals surface area contributed by atoms with Gasteiger partial charge in [-0.05, 0) is 47.7 Å². The standard InChI is InChI=1S/C26H27F6N5O2S/c1-17-10-23(39-22(17)14-38-13-18-6-8-21(9-7-18)40(28,29,30,31)32)37-16-35-24-25(33-15-34-26(24)37)36(2)12-19-4-3-5-20(27)11-19/h3-9,11,15-17,22-23H,10,12-14H2,1-2H3/t17-,22+,23+/m0/s1. The van der Waals surface area contributed by atoms with E-state index in [1.807, 2.05) is 29.5 Å². The monoisotopic (exact) mass is 587 g/mol. The number of aromatic nitrogens is 4. The first-order valence-corrected chi connectivity index (χ1v) is 14.3. The van der Waals surface area contributed by atoms with Crippen molar-refractivity contribution >= 4 is 27.2 Å². The summed E-state index contributed by atoms with van der Waals surface area (Å²) in [6, 6.07) is 9.03. The highest BCUT2D eigenvalue weighted by Crippen LogP contribution is 3.02. The van der Waals surface area contributed by atoms with E-state index < -0.39 is 15.1 Å². The number of halogens is 6. The van der Waals surface area contributed by atoms with E-state index in [1.165, 1.54) is 18.5 Å². The number of benzene rings is 2. The lowest BCUT2D eigenvalue weighted by molar-refractivity contribution is -0.0505. The van der Waals surface area contributed by atoms with Crippen LogP contribution in [0.15, 0.2) is 66.1 Å². The highest BCUT2D eigenvalue weighted by Gasteiger charge is 2.65. The van der Waals surface area contributed by atoms with E-state index in [2.05, 4.69) is 15.0 Å². The predicted octanol–water partition coefficient (Wildman–Crippen LogP) is 7.40. The van der Waals surface area contributed by atoms with Crippen LogP contribution < -0.4 is 4.90 Å². The van der Waals surface area contributed by atoms with Gasteiger partial charge in [-0.25, -0.2) is 19.3 Å². The molecule has 1 fully saturated rings. The summed E-state index contributed by atoms with van der Waals surface area (Å²) in [5, 5.41) is 0. The molecule has 3 heterocycles. The van der Waals surface area contributed by atoms with E-state index in [0.29, 0.717) is 47.6 Å². The van der Waals surface area contributed by atoms with Gasteiger partial charge in [-0.3, -0.25) is 4.57 Å². The maximum Gasteiger partial charge on any atom is 0.310 e. The fraction of sp³-hybridized carbons (Fsp3) is 0.346. The molecule has 4 aromatic rings. The maximum absolute atomic E-state index is 13.6. The van der Waals surface area contributed by atoms with Crippen molar-refractivity contribution < 1.29 is 33.3 Å². The van der Waals surface area contributed by atoms with Crippen molar-refractivity contribution in [3.05, 3.63) is 78.1 Å². The van der Waals surface area contributed by atoms with E-state index in [9.17, 15) is 23.8 Å². The molecule has 40 heavy (non-hydrogen) atoms. The van der Waals surface area contributed by atoms with Crippen molar-refractivity contribution in [3.8, 4) is 0 Å². The molecule has 0 amide bonds. The normalized spacial score (nSPS) is 21.4. The maximum atomic E-state index is 13.6. The molecule has 0 saturated carbocycles. The van der Waals surface area contributed by atoms with Crippen LogP contribution in [0.3, 0.4) is 0 Å². The fourth-order valence-corrected chi connectivity index (χ4v) is 5.34. The molecule has 0 bridgehead atoms. The zero-order valence-electron chi connectivity index (χ0n) is 21.6. The zero-order valence-corrected chi connectivity index (χ0v) is 22.4. The number of nitrogens with zero attached hydrogens (tertiary/aromatic N) is 5. The minimum Gasteiger partial charge on any atom is -0.374 e. The second-order valence-corrected chi connectivity index (χ2v) is 12.4. The van der Waals surface area contributed by atoms with Crippen LogP contribution in [0, 0.1) is 11.7 Å². The molecule has 0 unspecified atom stereocenters. The third kappa shape index (κ3) is 6.18. The summed E-state index contributed by atoms with van der Waals surface area (Å²) < 4.78 is 91.9. The van der Waals surface area contributed by atoms with Crippen molar-refractivity contribution in [1.82, 2.24) is 19.5 Å². The first-order valence-electron chi connectivity index (χ1n) is 12.4. The molecule has 3 atom stereocenters. The first kappa shape index (κ1) is 28.2. The van der Waals surface area contributed by atoms with E-state index in [4.69, 9.17) is 9.47 Å². The third-order valence-corrected chi connectivity index (χ3v) is 7.94. The Kier molecular flexibility index (Phi) is 6.78. The molecule has 14 heteroatoms. The Morgan fingerprint density at radius 1 is 1.02 bits per heavy atom. The van der Waals surface area contributed by atoms with Gasteiger partial charge >= 0.3 is 10.2 Å². The van der Waals surface area contributed by atoms with Gasteiger partial charge in [0.25, 0.3) is 0 Å². The average molecular weight is 588 g/mol. The molecule has 0 radical (unpaired) electrons. The molecular weight excluding hydrogens is 560 g/mol. The molecule has 1 aliphatic rings. The minimum absolute atomic E-state index is 0.0555. The van der Waals surface area contributed by atoms with Crippen LogP contribution in [-0.2, 0) is 22.6 Å². The van der Waals surface area contributed by atoms with Gasteiger partial charge in [-0.1, -0.05) is 50.6 Å². The van der Waals surface area contributed by atoms with Gasteiger partial charge in [-0.15, -0.1) is 0 Å². The van der Waals surface area contributed by atoms with Crippen LogP contribution >= 0.6 is 10.2 Å². The second-order valence-electron chi connectivity index (χ2n) is 9.98. The van der Waals surface area contributed by atoms with Crippen LogP contribution in [0.5, 0.6) is 0 Å². The third-order valence-electron chi connectivity index (χ3n) is 6.78. The Bertz CT molecular complexity index is 1520. The van der Waals surface area contributed by atoms with E-state index in [0.717, 1.165) is 17.7 Å². The van der Waals surface area contributed by atoms with Gasteiger partial charge in [0.05, 0.1) is 25.6 Å². The highest BCUT2D eigenvalue weighted by atomic mass is 32.5. The van der Waals surface area contributed by atoms with Gasteiger partial charge in [0.1, 0.15) is 23.3 Å². The molecule has 1 saturated heterocycles. The van der Waals surface area contributed by atoms with Crippen LogP contribution in [0.2, 0.25) is 0 Å². The van der Waals surface area contributed by atoms with Crippen LogP contribution in [-0.4, -0.2) is 39.3 Å². The second kappa shape index (κ2) is 9.63. The summed E-state index contributed by atoms with van der Waals surface area (Å²) in [7, 11) is -7.87. The van der Waals surface area contributed by atoms with Crippen LogP contribution in [0.4, 0.5) is 29.6 Å². The predicted molar refractivity (Wildman–Crippen MR) is 139 cm³/mol. The lowest BCUT2D eigenvalue weighted by Crippen LogP contribution is -2.21. The smallest absolute Gasteiger partial charge is 0.310 e. The molecule has 7 nitrogen and oxygen atoms in total. The molecule has 216 valence electrons. The van der Waals surface area contributed by atoms with Crippen LogP contribution in [0.1, 0.15) is 30.7 Å². The Hall–Kier alpha value is -3.36. The Morgan fingerprint density at radius 3 is 2.48 bits per heavy atom. The summed E-state index contributed by atoms with van der Waals surface area (Å²) in [5.74, 6) is 0.337. The zero-order chi connectivity index (χ0) is 28.8. The van der Waals surface area contributed by atoms with Gasteiger partial charge in [0.15, 0.2) is 17.0 Å². The molecule has 0 N–H and O–H groups in total. The summed E-state index contributed by atoms with van der Waals surface area (Å²) in [6.45, 7) is 2.50. The van der Waals surface area contributed by atoms with Gasteiger partial charge < -0.3 is 14.4 Å². The van der Waals surface area contributed by atoms with Crippen molar-refractivity contribution in [2.24, 2.45) is 5.92 Å². The molecule has 0 aliphatic carbocycles. The van der Waals surface area contributed by atoms with Crippen LogP contribution in [0.25, 0.3) is 11.2 Å². The van der Waals surface area contributed by atoms with E-state index in [1.54, 1.807) is 12.4 Å². The minimum atomic E-state index is -9.71. The molecule has 5 rings (SSSR count). The molecular formula is C26H27F6N5O2S. The lowest BCUT2D eigenvalue weighted by Gasteiger charge is -2.40. The summed E-state index contributed by atoms with van der Waals surface area (Å²) in [4.78, 5) is 13.2. The number of fused-ring (bicyclic) bond motifs is 1. The summed E-state index contributed by atoms with van der Waals surface area (Å²) >= 11 is 0. The summed E-state index contributed by atoms with van der Waals surface area (Å²) in [6.07, 6.45) is 2.99. The SMILES string of the molecule is C[C@H]1C[C@H](n2cnc3c(N(C)Cc4cccc(F)c4)ncnc32)O[C@@H]1COCc1ccc(S(F)(F)(F)(F)F)cc1. The quantitative estimate of drug-likeness (QED) is 0.190. The Labute approximate surface area is 226 Å². The molecule has 0 spiro atoms. The van der Waals surface area contributed by atoms with Crippen molar-refractivity contribution in [3.63, 3.8) is 0 Å². The molecule has 1 aliphatic heterocycles. The number of hydrogen-bond acceptors (Lipinski definition) is 6. The topological polar surface area (TPSA) is 65.3 Å². The fourth-order valence-electron chi connectivity index (χ4n) is 4.69. The number of imidazole rings is 1. The number of anilines is 1. The van der Waals surface area contributed by atoms with Crippen molar-refractivity contribution in [2.45, 2.75) is 43.7 Å². The molecule has 2 aromatic heterocycles. The molecule has 2 aromatic carbocycles. The number of hydrogen-bond donors (Lipinski definition) is 0. The Balaban J connectivity index is 1.22. The van der Waals surface area contributed by atoms with E-state index >= 15 is 0 Å². The van der Waals surface area contributed by atoms with E-state index in [-0.39, 0.29) is 37.3 Å². The number of ether oxygens (including phenoxy) is 2. The Morgan fingerprint density at radius 2 is 1.77 bits per heavy atom. The first-order chi connectivity index (χ1) is 18.7.